The third-order valence-electron chi connectivity index (χ3n) is 1.70. The highest BCUT2D eigenvalue weighted by Gasteiger charge is 2.28. The second-order valence-electron chi connectivity index (χ2n) is 3.07. The van der Waals surface area contributed by atoms with Gasteiger partial charge in [0.2, 0.25) is 0 Å². The van der Waals surface area contributed by atoms with Crippen LogP contribution in [0.15, 0.2) is 9.15 Å². The second kappa shape index (κ2) is 9.99. The number of allylic oxidation sites excluding steroid dienone is 1. The standard InChI is InChI=1S/C10H16Br2NO4P/c1-3-15-18(14,16-4-2)17-9(10(11)12)7-5-6-8-13/h3-7H2,1-2H3. The van der Waals surface area contributed by atoms with Gasteiger partial charge in [0.1, 0.15) is 5.76 Å². The molecule has 8 heteroatoms. The Bertz CT molecular complexity index is 353. The third-order valence-corrected chi connectivity index (χ3v) is 4.18. The lowest BCUT2D eigenvalue weighted by molar-refractivity contribution is 0.143. The molecule has 0 aromatic heterocycles. The van der Waals surface area contributed by atoms with E-state index in [1.165, 1.54) is 0 Å². The zero-order chi connectivity index (χ0) is 14.0. The van der Waals surface area contributed by atoms with E-state index >= 15 is 0 Å². The maximum Gasteiger partial charge on any atom is 0.529 e. The molecule has 0 spiro atoms. The molecule has 0 bridgehead atoms. The molecule has 0 unspecified atom stereocenters. The van der Waals surface area contributed by atoms with Crippen molar-refractivity contribution in [3.05, 3.63) is 9.15 Å². The van der Waals surface area contributed by atoms with Crippen LogP contribution in [0.3, 0.4) is 0 Å². The minimum atomic E-state index is -3.58. The fourth-order valence-corrected chi connectivity index (χ4v) is 3.12. The van der Waals surface area contributed by atoms with Crippen molar-refractivity contribution in [2.45, 2.75) is 33.1 Å². The molecule has 0 aromatic rings. The van der Waals surface area contributed by atoms with Gasteiger partial charge in [0.25, 0.3) is 0 Å². The van der Waals surface area contributed by atoms with Gasteiger partial charge < -0.3 is 4.52 Å². The summed E-state index contributed by atoms with van der Waals surface area (Å²) in [4.78, 5) is 0. The van der Waals surface area contributed by atoms with E-state index < -0.39 is 7.82 Å². The quantitative estimate of drug-likeness (QED) is 0.312. The number of nitriles is 1. The molecule has 0 radical (unpaired) electrons. The lowest BCUT2D eigenvalue weighted by Gasteiger charge is -2.19. The Labute approximate surface area is 124 Å². The molecule has 0 heterocycles. The largest absolute Gasteiger partial charge is 0.529 e. The number of nitrogens with zero attached hydrogens (tertiary/aromatic N) is 1. The highest BCUT2D eigenvalue weighted by Crippen LogP contribution is 2.52. The summed E-state index contributed by atoms with van der Waals surface area (Å²) in [5.41, 5.74) is 0. The summed E-state index contributed by atoms with van der Waals surface area (Å²) in [6.07, 6.45) is 1.46. The van der Waals surface area contributed by atoms with Crippen molar-refractivity contribution in [3.8, 4) is 6.07 Å². The lowest BCUT2D eigenvalue weighted by atomic mass is 10.2. The number of unbranched alkanes of at least 4 members (excludes halogenated alkanes) is 1. The highest BCUT2D eigenvalue weighted by atomic mass is 79.9. The van der Waals surface area contributed by atoms with Crippen molar-refractivity contribution in [1.82, 2.24) is 0 Å². The van der Waals surface area contributed by atoms with E-state index in [2.05, 4.69) is 31.9 Å². The summed E-state index contributed by atoms with van der Waals surface area (Å²) in [6, 6.07) is 2.03. The number of hydrogen-bond donors (Lipinski definition) is 0. The third kappa shape index (κ3) is 7.55. The summed E-state index contributed by atoms with van der Waals surface area (Å²) < 4.78 is 28.1. The molecule has 0 rings (SSSR count). The first kappa shape index (κ1) is 18.1. The van der Waals surface area contributed by atoms with E-state index in [4.69, 9.17) is 18.8 Å². The Kier molecular flexibility index (Phi) is 10.1. The van der Waals surface area contributed by atoms with Crippen LogP contribution in [0, 0.1) is 11.3 Å². The van der Waals surface area contributed by atoms with Crippen molar-refractivity contribution in [3.63, 3.8) is 0 Å². The Morgan fingerprint density at radius 2 is 1.83 bits per heavy atom. The summed E-state index contributed by atoms with van der Waals surface area (Å²) in [5, 5.41) is 8.48. The van der Waals surface area contributed by atoms with Crippen LogP contribution in [0.2, 0.25) is 0 Å². The van der Waals surface area contributed by atoms with Crippen LogP contribution in [0.1, 0.15) is 33.1 Å². The summed E-state index contributed by atoms with van der Waals surface area (Å²) >= 11 is 6.41. The fraction of sp³-hybridized carbons (Fsp3) is 0.700. The minimum absolute atomic E-state index is 0.225. The molecule has 0 atom stereocenters. The molecule has 104 valence electrons. The van der Waals surface area contributed by atoms with E-state index in [9.17, 15) is 4.57 Å². The molecular formula is C10H16Br2NO4P. The first-order valence-electron chi connectivity index (χ1n) is 5.48. The molecule has 0 aliphatic heterocycles. The molecule has 0 aromatic carbocycles. The maximum atomic E-state index is 12.2. The van der Waals surface area contributed by atoms with Crippen molar-refractivity contribution in [2.75, 3.05) is 13.2 Å². The zero-order valence-corrected chi connectivity index (χ0v) is 14.4. The van der Waals surface area contributed by atoms with Crippen LogP contribution in [0.25, 0.3) is 0 Å². The van der Waals surface area contributed by atoms with Gasteiger partial charge in [0.05, 0.1) is 22.7 Å². The topological polar surface area (TPSA) is 68.6 Å². The summed E-state index contributed by atoms with van der Waals surface area (Å²) in [7, 11) is -3.58. The molecule has 5 nitrogen and oxygen atoms in total. The van der Waals surface area contributed by atoms with E-state index in [1.54, 1.807) is 13.8 Å². The van der Waals surface area contributed by atoms with Crippen LogP contribution in [0.4, 0.5) is 0 Å². The number of phosphoric ester groups is 1. The predicted molar refractivity (Wildman–Crippen MR) is 76.3 cm³/mol. The molecule has 0 N–H and O–H groups in total. The average molecular weight is 405 g/mol. The maximum absolute atomic E-state index is 12.2. The molecular weight excluding hydrogens is 389 g/mol. The Balaban J connectivity index is 4.69. The highest BCUT2D eigenvalue weighted by molar-refractivity contribution is 9.28. The van der Waals surface area contributed by atoms with E-state index in [-0.39, 0.29) is 13.2 Å². The molecule has 0 aliphatic carbocycles. The van der Waals surface area contributed by atoms with Gasteiger partial charge in [0.15, 0.2) is 0 Å². The Morgan fingerprint density at radius 1 is 1.28 bits per heavy atom. The van der Waals surface area contributed by atoms with Gasteiger partial charge in [-0.3, -0.25) is 9.05 Å². The first-order chi connectivity index (χ1) is 8.49. The van der Waals surface area contributed by atoms with Crippen molar-refractivity contribution in [2.24, 2.45) is 0 Å². The van der Waals surface area contributed by atoms with Gasteiger partial charge in [-0.15, -0.1) is 0 Å². The molecule has 0 fully saturated rings. The van der Waals surface area contributed by atoms with Crippen molar-refractivity contribution >= 4 is 39.7 Å². The fourth-order valence-electron chi connectivity index (χ4n) is 1.04. The van der Waals surface area contributed by atoms with Gasteiger partial charge >= 0.3 is 7.82 Å². The first-order valence-corrected chi connectivity index (χ1v) is 8.53. The number of halogens is 2. The Morgan fingerprint density at radius 3 is 2.22 bits per heavy atom. The van der Waals surface area contributed by atoms with Gasteiger partial charge in [-0.2, -0.15) is 5.26 Å². The molecule has 0 amide bonds. The van der Waals surface area contributed by atoms with E-state index in [0.717, 1.165) is 0 Å². The van der Waals surface area contributed by atoms with Crippen molar-refractivity contribution < 1.29 is 18.1 Å². The molecule has 0 aliphatic rings. The zero-order valence-electron chi connectivity index (χ0n) is 10.3. The van der Waals surface area contributed by atoms with E-state index in [0.29, 0.717) is 28.4 Å². The molecule has 0 saturated heterocycles. The summed E-state index contributed by atoms with van der Waals surface area (Å²) in [5.74, 6) is 0.412. The Hall–Kier alpha value is 0.140. The minimum Gasteiger partial charge on any atom is -0.407 e. The molecule has 0 saturated carbocycles. The monoisotopic (exact) mass is 403 g/mol. The van der Waals surface area contributed by atoms with Gasteiger partial charge in [0, 0.05) is 12.8 Å². The van der Waals surface area contributed by atoms with Crippen LogP contribution in [-0.2, 0) is 18.1 Å². The normalized spacial score (nSPS) is 10.8. The number of phosphoric acid groups is 1. The summed E-state index contributed by atoms with van der Waals surface area (Å²) in [6.45, 7) is 3.86. The average Bonchev–Trinajstić information content (AvgIpc) is 2.28. The molecule has 18 heavy (non-hydrogen) atoms. The van der Waals surface area contributed by atoms with E-state index in [1.807, 2.05) is 6.07 Å². The SMILES string of the molecule is CCOP(=O)(OCC)OC(CCCC#N)=C(Br)Br. The second-order valence-corrected chi connectivity index (χ2v) is 7.31. The van der Waals surface area contributed by atoms with Gasteiger partial charge in [-0.1, -0.05) is 0 Å². The van der Waals surface area contributed by atoms with Crippen LogP contribution < -0.4 is 0 Å². The number of hydrogen-bond acceptors (Lipinski definition) is 5. The van der Waals surface area contributed by atoms with Crippen LogP contribution >= 0.6 is 39.7 Å². The van der Waals surface area contributed by atoms with Crippen LogP contribution in [-0.4, -0.2) is 13.2 Å². The van der Waals surface area contributed by atoms with Gasteiger partial charge in [-0.05, 0) is 52.1 Å². The number of rotatable bonds is 9. The predicted octanol–water partition coefficient (Wildman–Crippen LogP) is 4.84. The van der Waals surface area contributed by atoms with Gasteiger partial charge in [-0.25, -0.2) is 4.57 Å². The lowest BCUT2D eigenvalue weighted by Crippen LogP contribution is -2.01. The smallest absolute Gasteiger partial charge is 0.407 e. The van der Waals surface area contributed by atoms with Crippen LogP contribution in [0.5, 0.6) is 0 Å². The van der Waals surface area contributed by atoms with Crippen molar-refractivity contribution in [1.29, 1.82) is 5.26 Å².